The van der Waals surface area contributed by atoms with E-state index in [9.17, 15) is 9.59 Å². The SMILES string of the molecule is CCC1(CC)C(=O)NC(C)C(=O)N1CCc1cnn(C)c1. The number of rotatable bonds is 5. The van der Waals surface area contributed by atoms with Crippen LogP contribution in [-0.2, 0) is 23.1 Å². The second-order valence-electron chi connectivity index (χ2n) is 5.70. The van der Waals surface area contributed by atoms with Gasteiger partial charge in [-0.2, -0.15) is 5.10 Å². The molecule has 1 atom stereocenters. The van der Waals surface area contributed by atoms with Crippen molar-refractivity contribution in [3.63, 3.8) is 0 Å². The van der Waals surface area contributed by atoms with Crippen molar-refractivity contribution in [2.24, 2.45) is 7.05 Å². The maximum Gasteiger partial charge on any atom is 0.246 e. The summed E-state index contributed by atoms with van der Waals surface area (Å²) in [6.07, 6.45) is 5.71. The molecular formula is C15H24N4O2. The molecule has 0 aliphatic carbocycles. The van der Waals surface area contributed by atoms with Crippen LogP contribution in [0.1, 0.15) is 39.2 Å². The molecule has 1 aliphatic heterocycles. The molecule has 0 spiro atoms. The van der Waals surface area contributed by atoms with Crippen LogP contribution in [0.5, 0.6) is 0 Å². The largest absolute Gasteiger partial charge is 0.343 e. The fraction of sp³-hybridized carbons (Fsp3) is 0.667. The summed E-state index contributed by atoms with van der Waals surface area (Å²) in [5, 5.41) is 6.95. The summed E-state index contributed by atoms with van der Waals surface area (Å²) in [5.41, 5.74) is 0.358. The Kier molecular flexibility index (Phi) is 4.34. The molecule has 1 saturated heterocycles. The van der Waals surface area contributed by atoms with Crippen molar-refractivity contribution < 1.29 is 9.59 Å². The third-order valence-electron chi connectivity index (χ3n) is 4.48. The van der Waals surface area contributed by atoms with Crippen LogP contribution in [0.2, 0.25) is 0 Å². The van der Waals surface area contributed by atoms with E-state index in [-0.39, 0.29) is 11.8 Å². The minimum atomic E-state index is -0.716. The molecule has 0 bridgehead atoms. The van der Waals surface area contributed by atoms with Gasteiger partial charge in [-0.25, -0.2) is 0 Å². The Balaban J connectivity index is 2.21. The molecule has 6 nitrogen and oxygen atoms in total. The third kappa shape index (κ3) is 2.66. The lowest BCUT2D eigenvalue weighted by atomic mass is 9.85. The van der Waals surface area contributed by atoms with Crippen molar-refractivity contribution >= 4 is 11.8 Å². The Bertz CT molecular complexity index is 534. The number of hydrogen-bond acceptors (Lipinski definition) is 3. The first-order chi connectivity index (χ1) is 9.94. The fourth-order valence-electron chi connectivity index (χ4n) is 3.08. The number of nitrogens with zero attached hydrogens (tertiary/aromatic N) is 3. The Morgan fingerprint density at radius 2 is 2.00 bits per heavy atom. The molecule has 1 aliphatic rings. The lowest BCUT2D eigenvalue weighted by Gasteiger charge is -2.47. The van der Waals surface area contributed by atoms with Crippen LogP contribution >= 0.6 is 0 Å². The molecular weight excluding hydrogens is 268 g/mol. The molecule has 116 valence electrons. The van der Waals surface area contributed by atoms with Crippen molar-refractivity contribution in [1.82, 2.24) is 20.0 Å². The van der Waals surface area contributed by atoms with Crippen molar-refractivity contribution in [2.75, 3.05) is 6.54 Å². The zero-order valence-corrected chi connectivity index (χ0v) is 13.2. The number of piperazine rings is 1. The number of nitrogens with one attached hydrogen (secondary N) is 1. The van der Waals surface area contributed by atoms with Gasteiger partial charge in [0.25, 0.3) is 0 Å². The molecule has 21 heavy (non-hydrogen) atoms. The quantitative estimate of drug-likeness (QED) is 0.875. The lowest BCUT2D eigenvalue weighted by molar-refractivity contribution is -0.157. The number of aromatic nitrogens is 2. The zero-order chi connectivity index (χ0) is 15.6. The van der Waals surface area contributed by atoms with Gasteiger partial charge in [-0.1, -0.05) is 13.8 Å². The highest BCUT2D eigenvalue weighted by Gasteiger charge is 2.48. The topological polar surface area (TPSA) is 67.2 Å². The molecule has 1 aromatic heterocycles. The summed E-state index contributed by atoms with van der Waals surface area (Å²) in [5.74, 6) is -0.0343. The van der Waals surface area contributed by atoms with Crippen LogP contribution in [0, 0.1) is 0 Å². The van der Waals surface area contributed by atoms with Gasteiger partial charge in [0.2, 0.25) is 11.8 Å². The van der Waals surface area contributed by atoms with Crippen molar-refractivity contribution in [3.8, 4) is 0 Å². The first kappa shape index (κ1) is 15.5. The van der Waals surface area contributed by atoms with E-state index in [1.165, 1.54) is 0 Å². The molecule has 2 rings (SSSR count). The molecule has 0 aromatic carbocycles. The second kappa shape index (κ2) is 5.87. The van der Waals surface area contributed by atoms with E-state index in [4.69, 9.17) is 0 Å². The van der Waals surface area contributed by atoms with E-state index in [0.717, 1.165) is 5.56 Å². The molecule has 1 fully saturated rings. The summed E-state index contributed by atoms with van der Waals surface area (Å²) < 4.78 is 1.75. The van der Waals surface area contributed by atoms with E-state index in [0.29, 0.717) is 25.8 Å². The molecule has 2 heterocycles. The van der Waals surface area contributed by atoms with Gasteiger partial charge in [0.15, 0.2) is 0 Å². The summed E-state index contributed by atoms with van der Waals surface area (Å²) >= 11 is 0. The monoisotopic (exact) mass is 292 g/mol. The average molecular weight is 292 g/mol. The number of carbonyl (C=O) groups excluding carboxylic acids is 2. The fourth-order valence-corrected chi connectivity index (χ4v) is 3.08. The number of amides is 2. The molecule has 1 unspecified atom stereocenters. The Morgan fingerprint density at radius 1 is 1.33 bits per heavy atom. The Hall–Kier alpha value is -1.85. The van der Waals surface area contributed by atoms with Crippen molar-refractivity contribution in [3.05, 3.63) is 18.0 Å². The number of aryl methyl sites for hydroxylation is 1. The molecule has 1 aromatic rings. The normalized spacial score (nSPS) is 21.5. The van der Waals surface area contributed by atoms with E-state index in [2.05, 4.69) is 10.4 Å². The van der Waals surface area contributed by atoms with Gasteiger partial charge in [-0.3, -0.25) is 14.3 Å². The summed E-state index contributed by atoms with van der Waals surface area (Å²) in [6.45, 7) is 6.21. The maximum atomic E-state index is 12.5. The molecule has 2 amide bonds. The Labute approximate surface area is 125 Å². The second-order valence-corrected chi connectivity index (χ2v) is 5.70. The predicted molar refractivity (Wildman–Crippen MR) is 79.5 cm³/mol. The van der Waals surface area contributed by atoms with Gasteiger partial charge in [-0.15, -0.1) is 0 Å². The van der Waals surface area contributed by atoms with E-state index >= 15 is 0 Å². The van der Waals surface area contributed by atoms with Crippen LogP contribution in [0.4, 0.5) is 0 Å². The standard InChI is InChI=1S/C15H24N4O2/c1-5-15(6-2)14(21)17-11(3)13(20)19(15)8-7-12-9-16-18(4)10-12/h9-11H,5-8H2,1-4H3,(H,17,21). The minimum absolute atomic E-state index is 0.00203. The molecule has 0 saturated carbocycles. The third-order valence-corrected chi connectivity index (χ3v) is 4.48. The van der Waals surface area contributed by atoms with Gasteiger partial charge >= 0.3 is 0 Å². The van der Waals surface area contributed by atoms with Crippen LogP contribution in [0.25, 0.3) is 0 Å². The minimum Gasteiger partial charge on any atom is -0.343 e. The highest BCUT2D eigenvalue weighted by molar-refractivity contribution is 5.99. The van der Waals surface area contributed by atoms with Gasteiger partial charge in [0.1, 0.15) is 11.6 Å². The molecule has 6 heteroatoms. The number of hydrogen-bond donors (Lipinski definition) is 1. The van der Waals surface area contributed by atoms with Gasteiger partial charge < -0.3 is 10.2 Å². The van der Waals surface area contributed by atoms with Crippen LogP contribution in [0.3, 0.4) is 0 Å². The van der Waals surface area contributed by atoms with Gasteiger partial charge in [-0.05, 0) is 31.7 Å². The van der Waals surface area contributed by atoms with Crippen LogP contribution in [-0.4, -0.2) is 44.6 Å². The first-order valence-corrected chi connectivity index (χ1v) is 7.54. The number of carbonyl (C=O) groups is 2. The van der Waals surface area contributed by atoms with Crippen LogP contribution in [0.15, 0.2) is 12.4 Å². The first-order valence-electron chi connectivity index (χ1n) is 7.54. The average Bonchev–Trinajstić information content (AvgIpc) is 2.87. The highest BCUT2D eigenvalue weighted by atomic mass is 16.2. The summed E-state index contributed by atoms with van der Waals surface area (Å²) in [6, 6.07) is -0.447. The highest BCUT2D eigenvalue weighted by Crippen LogP contribution is 2.29. The van der Waals surface area contributed by atoms with E-state index < -0.39 is 11.6 Å². The summed E-state index contributed by atoms with van der Waals surface area (Å²) in [4.78, 5) is 26.7. The van der Waals surface area contributed by atoms with Crippen LogP contribution < -0.4 is 5.32 Å². The summed E-state index contributed by atoms with van der Waals surface area (Å²) in [7, 11) is 1.87. The van der Waals surface area contributed by atoms with Crippen molar-refractivity contribution in [2.45, 2.75) is 51.6 Å². The van der Waals surface area contributed by atoms with E-state index in [1.807, 2.05) is 27.1 Å². The Morgan fingerprint density at radius 3 is 2.52 bits per heavy atom. The smallest absolute Gasteiger partial charge is 0.246 e. The maximum absolute atomic E-state index is 12.5. The van der Waals surface area contributed by atoms with Crippen molar-refractivity contribution in [1.29, 1.82) is 0 Å². The molecule has 0 radical (unpaired) electrons. The lowest BCUT2D eigenvalue weighted by Crippen LogP contribution is -2.69. The molecule has 1 N–H and O–H groups in total. The predicted octanol–water partition coefficient (Wildman–Crippen LogP) is 0.868. The van der Waals surface area contributed by atoms with Gasteiger partial charge in [0, 0.05) is 19.8 Å². The van der Waals surface area contributed by atoms with E-state index in [1.54, 1.807) is 22.7 Å². The van der Waals surface area contributed by atoms with Gasteiger partial charge in [0.05, 0.1) is 6.20 Å². The zero-order valence-electron chi connectivity index (χ0n) is 13.2.